The highest BCUT2D eigenvalue weighted by Crippen LogP contribution is 2.45. The van der Waals surface area contributed by atoms with E-state index in [0.717, 1.165) is 135 Å². The van der Waals surface area contributed by atoms with Gasteiger partial charge in [0.2, 0.25) is 0 Å². The van der Waals surface area contributed by atoms with Crippen LogP contribution in [0.5, 0.6) is 0 Å². The Balaban J connectivity index is 5.40. The molecule has 0 amide bonds. The molecule has 3 N–H and O–H groups in total. The van der Waals surface area contributed by atoms with Gasteiger partial charge in [-0.15, -0.1) is 0 Å². The van der Waals surface area contributed by atoms with E-state index in [-0.39, 0.29) is 25.7 Å². The van der Waals surface area contributed by atoms with E-state index < -0.39 is 97.5 Å². The Morgan fingerprint density at radius 2 is 0.529 bits per heavy atom. The van der Waals surface area contributed by atoms with Crippen LogP contribution in [-0.4, -0.2) is 96.7 Å². The number of allylic oxidation sites excluding steroid dienone is 18. The lowest BCUT2D eigenvalue weighted by molar-refractivity contribution is -0.161. The monoisotopic (exact) mass is 1470 g/mol. The van der Waals surface area contributed by atoms with Gasteiger partial charge in [-0.1, -0.05) is 323 Å². The highest BCUT2D eigenvalue weighted by molar-refractivity contribution is 7.47. The standard InChI is InChI=1S/C83H144O17P2/c1-5-9-13-17-21-25-29-33-36-37-38-39-42-45-48-52-56-60-64-68-81(86)94-74-79(100-83(88)70-66-62-58-54-50-46-41-35-31-27-23-19-15-11-7-3)76-98-102(91,92)96-72-77(84)71-95-101(89,90)97-75-78(99-82(87)69-65-61-57-53-49-43-32-28-24-20-16-12-8-4)73-93-80(85)67-63-59-55-51-47-44-40-34-30-26-22-18-14-10-6-2/h9-10,13-14,21-22,25-26,33-34,36,38-40,45,48,56,60,77-79,84H,5-8,11-12,15-20,23-24,27-32,35,37,41-44,46-47,49-55,57-59,61-76H2,1-4H3,(H,89,90)(H,91,92)/b13-9-,14-10-,25-21-,26-22-,36-33-,39-38-,40-34-,48-45-,60-56-. The number of aliphatic hydroxyl groups is 1. The minimum Gasteiger partial charge on any atom is -0.462 e. The lowest BCUT2D eigenvalue weighted by Crippen LogP contribution is -2.30. The van der Waals surface area contributed by atoms with Gasteiger partial charge in [-0.3, -0.25) is 37.3 Å². The van der Waals surface area contributed by atoms with Crippen LogP contribution in [0.2, 0.25) is 0 Å². The van der Waals surface area contributed by atoms with E-state index >= 15 is 0 Å². The maximum atomic E-state index is 13.1. The number of phosphoric acid groups is 2. The first-order valence-electron chi connectivity index (χ1n) is 40.1. The maximum Gasteiger partial charge on any atom is 0.472 e. The fourth-order valence-electron chi connectivity index (χ4n) is 10.7. The van der Waals surface area contributed by atoms with Crippen molar-refractivity contribution in [3.63, 3.8) is 0 Å². The van der Waals surface area contributed by atoms with Gasteiger partial charge < -0.3 is 33.8 Å². The molecular formula is C83H144O17P2. The fourth-order valence-corrected chi connectivity index (χ4v) is 12.3. The summed E-state index contributed by atoms with van der Waals surface area (Å²) in [7, 11) is -9.97. The molecule has 0 aliphatic heterocycles. The highest BCUT2D eigenvalue weighted by atomic mass is 31.2. The first-order chi connectivity index (χ1) is 49.7. The van der Waals surface area contributed by atoms with Crippen LogP contribution in [0.4, 0.5) is 0 Å². The van der Waals surface area contributed by atoms with Crippen LogP contribution in [0.1, 0.15) is 336 Å². The summed E-state index contributed by atoms with van der Waals surface area (Å²) in [6, 6.07) is 0. The average molecular weight is 1480 g/mol. The van der Waals surface area contributed by atoms with E-state index in [1.165, 1.54) is 116 Å². The van der Waals surface area contributed by atoms with Crippen LogP contribution in [-0.2, 0) is 65.4 Å². The number of phosphoric ester groups is 2. The second-order valence-corrected chi connectivity index (χ2v) is 29.5. The van der Waals surface area contributed by atoms with Gasteiger partial charge in [-0.05, 0) is 96.3 Å². The molecule has 5 atom stereocenters. The van der Waals surface area contributed by atoms with E-state index in [2.05, 4.69) is 119 Å². The van der Waals surface area contributed by atoms with Crippen molar-refractivity contribution in [1.82, 2.24) is 0 Å². The summed E-state index contributed by atoms with van der Waals surface area (Å²) < 4.78 is 68.5. The first kappa shape index (κ1) is 97.7. The van der Waals surface area contributed by atoms with Crippen molar-refractivity contribution < 1.29 is 80.2 Å². The molecule has 0 spiro atoms. The SMILES string of the molecule is CC/C=C\C/C=C\C/C=C\C/C=C\C/C=C\C/C=C\CCC(=O)OCC(COP(=O)(O)OCC(O)COP(=O)(O)OCC(COC(=O)CCCCCCC/C=C\C/C=C\C/C=C\CC)OC(=O)CCCCCCCCCCCCCCC)OC(=O)CCCCCCCCCCCCCCCCC. The van der Waals surface area contributed by atoms with Crippen molar-refractivity contribution in [2.45, 2.75) is 354 Å². The molecular weight excluding hydrogens is 1330 g/mol. The van der Waals surface area contributed by atoms with Crippen LogP contribution >= 0.6 is 15.6 Å². The Kier molecular flexibility index (Phi) is 71.8. The molecule has 0 fully saturated rings. The topological polar surface area (TPSA) is 237 Å². The summed E-state index contributed by atoms with van der Waals surface area (Å²) in [5, 5.41) is 10.6. The van der Waals surface area contributed by atoms with Crippen LogP contribution in [0, 0.1) is 0 Å². The Morgan fingerprint density at radius 3 is 0.843 bits per heavy atom. The molecule has 588 valence electrons. The number of aliphatic hydroxyl groups excluding tert-OH is 1. The predicted octanol–water partition coefficient (Wildman–Crippen LogP) is 23.3. The Labute approximate surface area is 619 Å². The van der Waals surface area contributed by atoms with Crippen LogP contribution < -0.4 is 0 Å². The van der Waals surface area contributed by atoms with Gasteiger partial charge >= 0.3 is 39.5 Å². The molecule has 0 aromatic rings. The van der Waals surface area contributed by atoms with E-state index in [1.807, 2.05) is 18.2 Å². The largest absolute Gasteiger partial charge is 0.472 e. The zero-order valence-corrected chi connectivity index (χ0v) is 66.0. The van der Waals surface area contributed by atoms with Gasteiger partial charge in [0.1, 0.15) is 19.3 Å². The summed E-state index contributed by atoms with van der Waals surface area (Å²) in [6.07, 6.45) is 80.8. The molecule has 19 heteroatoms. The third kappa shape index (κ3) is 74.0. The molecule has 102 heavy (non-hydrogen) atoms. The van der Waals surface area contributed by atoms with Gasteiger partial charge in [-0.2, -0.15) is 0 Å². The van der Waals surface area contributed by atoms with Gasteiger partial charge in [0, 0.05) is 25.7 Å². The van der Waals surface area contributed by atoms with Gasteiger partial charge in [0.15, 0.2) is 12.2 Å². The number of carbonyl (C=O) groups excluding carboxylic acids is 4. The van der Waals surface area contributed by atoms with Crippen molar-refractivity contribution in [2.24, 2.45) is 0 Å². The molecule has 5 unspecified atom stereocenters. The number of hydrogen-bond donors (Lipinski definition) is 3. The lowest BCUT2D eigenvalue weighted by Gasteiger charge is -2.21. The zero-order valence-electron chi connectivity index (χ0n) is 64.3. The van der Waals surface area contributed by atoms with Gasteiger partial charge in [0.05, 0.1) is 26.4 Å². The van der Waals surface area contributed by atoms with Crippen LogP contribution in [0.25, 0.3) is 0 Å². The van der Waals surface area contributed by atoms with Crippen LogP contribution in [0.3, 0.4) is 0 Å². The molecule has 0 saturated carbocycles. The second kappa shape index (κ2) is 75.0. The number of rotatable bonds is 75. The predicted molar refractivity (Wildman–Crippen MR) is 418 cm³/mol. The lowest BCUT2D eigenvalue weighted by atomic mass is 10.0. The normalized spacial score (nSPS) is 14.5. The number of esters is 4. The van der Waals surface area contributed by atoms with E-state index in [9.17, 15) is 43.2 Å². The van der Waals surface area contributed by atoms with Crippen molar-refractivity contribution in [2.75, 3.05) is 39.6 Å². The van der Waals surface area contributed by atoms with E-state index in [4.69, 9.17) is 37.0 Å². The number of hydrogen-bond acceptors (Lipinski definition) is 15. The molecule has 0 bridgehead atoms. The van der Waals surface area contributed by atoms with Gasteiger partial charge in [0.25, 0.3) is 0 Å². The molecule has 0 aliphatic carbocycles. The maximum absolute atomic E-state index is 13.1. The minimum atomic E-state index is -4.99. The van der Waals surface area contributed by atoms with Crippen molar-refractivity contribution in [3.8, 4) is 0 Å². The minimum absolute atomic E-state index is 0.0374. The summed E-state index contributed by atoms with van der Waals surface area (Å²) in [4.78, 5) is 73.0. The fraction of sp³-hybridized carbons (Fsp3) is 0.735. The molecule has 0 aliphatic rings. The van der Waals surface area contributed by atoms with Crippen molar-refractivity contribution in [1.29, 1.82) is 0 Å². The van der Waals surface area contributed by atoms with E-state index in [1.54, 1.807) is 0 Å². The van der Waals surface area contributed by atoms with E-state index in [0.29, 0.717) is 32.1 Å². The Hall–Kier alpha value is -4.28. The molecule has 0 radical (unpaired) electrons. The third-order valence-electron chi connectivity index (χ3n) is 16.8. The van der Waals surface area contributed by atoms with Gasteiger partial charge in [-0.25, -0.2) is 9.13 Å². The first-order valence-corrected chi connectivity index (χ1v) is 43.1. The number of ether oxygens (including phenoxy) is 4. The Morgan fingerprint density at radius 1 is 0.284 bits per heavy atom. The number of unbranched alkanes of at least 4 members (excludes halogenated alkanes) is 31. The summed E-state index contributed by atoms with van der Waals surface area (Å²) in [5.74, 6) is -2.27. The molecule has 0 aromatic carbocycles. The summed E-state index contributed by atoms with van der Waals surface area (Å²) in [6.45, 7) is 4.59. The van der Waals surface area contributed by atoms with Crippen LogP contribution in [0.15, 0.2) is 109 Å². The molecule has 0 rings (SSSR count). The smallest absolute Gasteiger partial charge is 0.462 e. The Bertz CT molecular complexity index is 2360. The highest BCUT2D eigenvalue weighted by Gasteiger charge is 2.30. The molecule has 0 saturated heterocycles. The number of carbonyl (C=O) groups is 4. The summed E-state index contributed by atoms with van der Waals surface area (Å²) in [5.41, 5.74) is 0. The van der Waals surface area contributed by atoms with Crippen molar-refractivity contribution in [3.05, 3.63) is 109 Å². The third-order valence-corrected chi connectivity index (χ3v) is 18.7. The molecule has 17 nitrogen and oxygen atoms in total. The average Bonchev–Trinajstić information content (AvgIpc) is 0.924. The summed E-state index contributed by atoms with van der Waals surface area (Å²) >= 11 is 0. The van der Waals surface area contributed by atoms with Crippen molar-refractivity contribution >= 4 is 39.5 Å². The quantitative estimate of drug-likeness (QED) is 0.0169. The second-order valence-electron chi connectivity index (χ2n) is 26.6. The molecule has 0 aromatic heterocycles. The molecule has 0 heterocycles. The zero-order chi connectivity index (χ0) is 74.6.